The first kappa shape index (κ1) is 16.5. The number of para-hydroxylation sites is 1. The highest BCUT2D eigenvalue weighted by atomic mass is 16.5. The molecular weight excluding hydrogens is 306 g/mol. The number of hydrogen-bond donors (Lipinski definition) is 2. The summed E-state index contributed by atoms with van der Waals surface area (Å²) in [7, 11) is 5.16. The van der Waals surface area contributed by atoms with Crippen LogP contribution >= 0.6 is 0 Å². The van der Waals surface area contributed by atoms with Gasteiger partial charge in [0.1, 0.15) is 0 Å². The quantitative estimate of drug-likeness (QED) is 0.903. The molecule has 0 saturated carbocycles. The van der Waals surface area contributed by atoms with E-state index < -0.39 is 0 Å². The van der Waals surface area contributed by atoms with Crippen molar-refractivity contribution in [2.24, 2.45) is 0 Å². The summed E-state index contributed by atoms with van der Waals surface area (Å²) in [6.07, 6.45) is 0.723. The fraction of sp³-hybridized carbons (Fsp3) is 0.368. The molecule has 2 N–H and O–H groups in total. The average Bonchev–Trinajstić information content (AvgIpc) is 2.56. The molecule has 128 valence electrons. The van der Waals surface area contributed by atoms with E-state index >= 15 is 0 Å². The van der Waals surface area contributed by atoms with Gasteiger partial charge in [0.25, 0.3) is 0 Å². The molecule has 0 unspecified atom stereocenters. The topological polar surface area (TPSA) is 62.2 Å². The molecule has 5 heteroatoms. The number of fused-ring (bicyclic) bond motifs is 1. The van der Waals surface area contributed by atoms with Crippen molar-refractivity contribution in [3.8, 4) is 23.0 Å². The number of ether oxygens (including phenoxy) is 2. The summed E-state index contributed by atoms with van der Waals surface area (Å²) < 4.78 is 10.6. The maximum absolute atomic E-state index is 10.5. The second-order valence-corrected chi connectivity index (χ2v) is 6.25. The molecule has 0 radical (unpaired) electrons. The van der Waals surface area contributed by atoms with Crippen molar-refractivity contribution in [3.63, 3.8) is 0 Å². The van der Waals surface area contributed by atoms with E-state index in [0.29, 0.717) is 18.0 Å². The Labute approximate surface area is 142 Å². The van der Waals surface area contributed by atoms with Crippen LogP contribution in [0.5, 0.6) is 23.0 Å². The smallest absolute Gasteiger partial charge is 0.163 e. The van der Waals surface area contributed by atoms with Crippen LogP contribution in [0.25, 0.3) is 0 Å². The minimum absolute atomic E-state index is 0.150. The predicted molar refractivity (Wildman–Crippen MR) is 92.1 cm³/mol. The van der Waals surface area contributed by atoms with Crippen LogP contribution in [0.2, 0.25) is 0 Å². The van der Waals surface area contributed by atoms with E-state index in [1.54, 1.807) is 20.3 Å². The Bertz CT molecular complexity index is 744. The third-order valence-electron chi connectivity index (χ3n) is 4.65. The van der Waals surface area contributed by atoms with Crippen molar-refractivity contribution >= 4 is 0 Å². The van der Waals surface area contributed by atoms with Gasteiger partial charge in [0, 0.05) is 24.6 Å². The zero-order valence-corrected chi connectivity index (χ0v) is 14.2. The van der Waals surface area contributed by atoms with Gasteiger partial charge in [-0.2, -0.15) is 0 Å². The van der Waals surface area contributed by atoms with E-state index in [0.717, 1.165) is 29.7 Å². The molecule has 1 aliphatic heterocycles. The molecule has 0 aromatic heterocycles. The van der Waals surface area contributed by atoms with Crippen LogP contribution in [0.1, 0.15) is 22.6 Å². The molecule has 2 aromatic rings. The Kier molecular flexibility index (Phi) is 4.53. The molecule has 1 aliphatic rings. The number of likely N-dealkylation sites (N-methyl/N-ethyl adjacent to an activating group) is 1. The summed E-state index contributed by atoms with van der Waals surface area (Å²) in [4.78, 5) is 2.18. The molecule has 0 spiro atoms. The van der Waals surface area contributed by atoms with Crippen LogP contribution in [0.3, 0.4) is 0 Å². The lowest BCUT2D eigenvalue weighted by Gasteiger charge is -2.33. The van der Waals surface area contributed by atoms with E-state index in [1.165, 1.54) is 0 Å². The Balaban J connectivity index is 1.99. The van der Waals surface area contributed by atoms with Gasteiger partial charge in [-0.3, -0.25) is 0 Å². The molecule has 1 heterocycles. The van der Waals surface area contributed by atoms with Crippen molar-refractivity contribution < 1.29 is 19.7 Å². The zero-order valence-electron chi connectivity index (χ0n) is 14.2. The number of methoxy groups -OCH3 is 2. The molecule has 0 aliphatic carbocycles. The Hall–Kier alpha value is -2.40. The number of aromatic hydroxyl groups is 2. The summed E-state index contributed by atoms with van der Waals surface area (Å²) in [5.74, 6) is 1.58. The summed E-state index contributed by atoms with van der Waals surface area (Å²) in [6, 6.07) is 9.26. The third kappa shape index (κ3) is 2.87. The normalized spacial score (nSPS) is 17.4. The van der Waals surface area contributed by atoms with Crippen LogP contribution < -0.4 is 9.47 Å². The molecule has 0 fully saturated rings. The molecule has 0 amide bonds. The second kappa shape index (κ2) is 6.61. The van der Waals surface area contributed by atoms with Crippen molar-refractivity contribution in [2.75, 3.05) is 27.8 Å². The fourth-order valence-electron chi connectivity index (χ4n) is 3.56. The number of phenolic OH excluding ortho intramolecular Hbond substituents is 2. The van der Waals surface area contributed by atoms with Gasteiger partial charge in [-0.1, -0.05) is 18.2 Å². The lowest BCUT2D eigenvalue weighted by Crippen LogP contribution is -2.31. The molecule has 5 nitrogen and oxygen atoms in total. The Morgan fingerprint density at radius 1 is 1.12 bits per heavy atom. The van der Waals surface area contributed by atoms with E-state index in [1.807, 2.05) is 31.3 Å². The van der Waals surface area contributed by atoms with Crippen molar-refractivity contribution in [1.29, 1.82) is 0 Å². The SMILES string of the molecule is COc1ccc2c(c1O)CN(C)C[C@H]2Cc1cccc(O)c1OC. The standard InChI is InChI=1S/C19H23NO4/c1-20-10-13(9-12-5-4-6-16(21)19(12)24-3)14-7-8-17(23-2)18(22)15(14)11-20/h4-8,13,21-22H,9-11H2,1-3H3/t13-/m1/s1. The van der Waals surface area contributed by atoms with Gasteiger partial charge in [0.05, 0.1) is 14.2 Å². The highest BCUT2D eigenvalue weighted by Gasteiger charge is 2.28. The van der Waals surface area contributed by atoms with Crippen molar-refractivity contribution in [3.05, 3.63) is 47.0 Å². The first-order valence-electron chi connectivity index (χ1n) is 7.97. The average molecular weight is 329 g/mol. The number of benzene rings is 2. The van der Waals surface area contributed by atoms with Crippen LogP contribution in [0.15, 0.2) is 30.3 Å². The van der Waals surface area contributed by atoms with Crippen LogP contribution in [0, 0.1) is 0 Å². The fourth-order valence-corrected chi connectivity index (χ4v) is 3.56. The number of rotatable bonds is 4. The van der Waals surface area contributed by atoms with Crippen LogP contribution in [0.4, 0.5) is 0 Å². The molecule has 1 atom stereocenters. The largest absolute Gasteiger partial charge is 0.504 e. The van der Waals surface area contributed by atoms with Gasteiger partial charge in [-0.15, -0.1) is 0 Å². The van der Waals surface area contributed by atoms with E-state index in [-0.39, 0.29) is 17.4 Å². The molecule has 2 aromatic carbocycles. The molecule has 3 rings (SSSR count). The maximum atomic E-state index is 10.5. The first-order valence-corrected chi connectivity index (χ1v) is 7.97. The summed E-state index contributed by atoms with van der Waals surface area (Å²) in [6.45, 7) is 1.56. The van der Waals surface area contributed by atoms with E-state index in [2.05, 4.69) is 4.90 Å². The van der Waals surface area contributed by atoms with E-state index in [4.69, 9.17) is 9.47 Å². The van der Waals surface area contributed by atoms with Gasteiger partial charge in [0.2, 0.25) is 0 Å². The number of phenols is 2. The summed E-state index contributed by atoms with van der Waals surface area (Å²) >= 11 is 0. The van der Waals surface area contributed by atoms with E-state index in [9.17, 15) is 10.2 Å². The Morgan fingerprint density at radius 2 is 1.92 bits per heavy atom. The van der Waals surface area contributed by atoms with Gasteiger partial charge in [0.15, 0.2) is 23.0 Å². The van der Waals surface area contributed by atoms with Crippen LogP contribution in [-0.4, -0.2) is 42.9 Å². The number of nitrogens with zero attached hydrogens (tertiary/aromatic N) is 1. The first-order chi connectivity index (χ1) is 11.5. The van der Waals surface area contributed by atoms with Gasteiger partial charge in [-0.25, -0.2) is 0 Å². The molecule has 24 heavy (non-hydrogen) atoms. The van der Waals surface area contributed by atoms with Gasteiger partial charge >= 0.3 is 0 Å². The maximum Gasteiger partial charge on any atom is 0.163 e. The lowest BCUT2D eigenvalue weighted by molar-refractivity contribution is 0.269. The minimum atomic E-state index is 0.150. The number of hydrogen-bond acceptors (Lipinski definition) is 5. The van der Waals surface area contributed by atoms with Crippen LogP contribution in [-0.2, 0) is 13.0 Å². The minimum Gasteiger partial charge on any atom is -0.504 e. The monoisotopic (exact) mass is 329 g/mol. The molecule has 0 saturated heterocycles. The highest BCUT2D eigenvalue weighted by Crippen LogP contribution is 2.41. The molecule has 0 bridgehead atoms. The van der Waals surface area contributed by atoms with Crippen molar-refractivity contribution in [1.82, 2.24) is 4.90 Å². The summed E-state index contributed by atoms with van der Waals surface area (Å²) in [5, 5.41) is 20.5. The van der Waals surface area contributed by atoms with Gasteiger partial charge < -0.3 is 24.6 Å². The second-order valence-electron chi connectivity index (χ2n) is 6.25. The predicted octanol–water partition coefficient (Wildman–Crippen LogP) is 2.89. The molecular formula is C19H23NO4. The third-order valence-corrected chi connectivity index (χ3v) is 4.65. The zero-order chi connectivity index (χ0) is 17.3. The highest BCUT2D eigenvalue weighted by molar-refractivity contribution is 5.53. The lowest BCUT2D eigenvalue weighted by atomic mass is 9.84. The summed E-state index contributed by atoms with van der Waals surface area (Å²) in [5.41, 5.74) is 2.99. The van der Waals surface area contributed by atoms with Gasteiger partial charge in [-0.05, 0) is 36.7 Å². The Morgan fingerprint density at radius 3 is 2.62 bits per heavy atom. The van der Waals surface area contributed by atoms with Crippen molar-refractivity contribution in [2.45, 2.75) is 18.9 Å².